The first-order valence-electron chi connectivity index (χ1n) is 5.81. The zero-order chi connectivity index (χ0) is 10.7. The number of rotatable bonds is 0. The van der Waals surface area contributed by atoms with E-state index in [2.05, 4.69) is 39.0 Å². The SMILES string of the molecule is Cc1ccc2c(c1)C1(CC1)CC(C)(C)O2. The fourth-order valence-electron chi connectivity index (χ4n) is 2.99. The molecule has 2 aliphatic rings. The molecule has 1 heterocycles. The normalized spacial score (nSPS) is 24.5. The van der Waals surface area contributed by atoms with E-state index in [-0.39, 0.29) is 5.60 Å². The van der Waals surface area contributed by atoms with Crippen molar-refractivity contribution in [2.24, 2.45) is 0 Å². The smallest absolute Gasteiger partial charge is 0.123 e. The van der Waals surface area contributed by atoms with E-state index in [4.69, 9.17) is 4.74 Å². The molecule has 1 aliphatic carbocycles. The van der Waals surface area contributed by atoms with Crippen LogP contribution in [0.25, 0.3) is 0 Å². The van der Waals surface area contributed by atoms with E-state index in [1.165, 1.54) is 30.4 Å². The summed E-state index contributed by atoms with van der Waals surface area (Å²) in [5.41, 5.74) is 3.28. The maximum absolute atomic E-state index is 6.05. The van der Waals surface area contributed by atoms with Crippen LogP contribution in [0.2, 0.25) is 0 Å². The Balaban J connectivity index is 2.14. The second-order valence-corrected chi connectivity index (χ2v) is 5.82. The molecular formula is C14H18O. The Morgan fingerprint density at radius 2 is 1.93 bits per heavy atom. The minimum absolute atomic E-state index is 0.0127. The number of hydrogen-bond donors (Lipinski definition) is 0. The molecule has 0 radical (unpaired) electrons. The maximum Gasteiger partial charge on any atom is 0.123 e. The number of hydrogen-bond acceptors (Lipinski definition) is 1. The lowest BCUT2D eigenvalue weighted by Gasteiger charge is -2.38. The van der Waals surface area contributed by atoms with Crippen LogP contribution < -0.4 is 4.74 Å². The minimum atomic E-state index is 0.0127. The van der Waals surface area contributed by atoms with Crippen molar-refractivity contribution in [3.63, 3.8) is 0 Å². The Hall–Kier alpha value is -0.980. The van der Waals surface area contributed by atoms with Crippen LogP contribution in [0.15, 0.2) is 18.2 Å². The van der Waals surface area contributed by atoms with Gasteiger partial charge in [-0.2, -0.15) is 0 Å². The van der Waals surface area contributed by atoms with E-state index >= 15 is 0 Å². The van der Waals surface area contributed by atoms with Crippen LogP contribution in [0.1, 0.15) is 44.2 Å². The molecule has 1 saturated carbocycles. The number of fused-ring (bicyclic) bond motifs is 2. The molecule has 0 bridgehead atoms. The lowest BCUT2D eigenvalue weighted by atomic mass is 9.81. The van der Waals surface area contributed by atoms with Gasteiger partial charge in [0.1, 0.15) is 11.4 Å². The Bertz CT molecular complexity index is 413. The second-order valence-electron chi connectivity index (χ2n) is 5.82. The molecule has 1 fully saturated rings. The molecule has 0 aromatic heterocycles. The van der Waals surface area contributed by atoms with Gasteiger partial charge in [0.25, 0.3) is 0 Å². The molecule has 15 heavy (non-hydrogen) atoms. The van der Waals surface area contributed by atoms with Crippen molar-refractivity contribution < 1.29 is 4.74 Å². The van der Waals surface area contributed by atoms with Gasteiger partial charge in [-0.05, 0) is 46.1 Å². The van der Waals surface area contributed by atoms with Gasteiger partial charge in [-0.25, -0.2) is 0 Å². The van der Waals surface area contributed by atoms with Crippen LogP contribution in [0.5, 0.6) is 5.75 Å². The van der Waals surface area contributed by atoms with E-state index in [1.54, 1.807) is 0 Å². The largest absolute Gasteiger partial charge is 0.488 e. The summed E-state index contributed by atoms with van der Waals surface area (Å²) in [5, 5.41) is 0. The molecule has 0 unspecified atom stereocenters. The molecule has 1 spiro atoms. The predicted octanol–water partition coefficient (Wildman–Crippen LogP) is 3.59. The molecule has 1 aliphatic heterocycles. The highest BCUT2D eigenvalue weighted by molar-refractivity contribution is 5.47. The van der Waals surface area contributed by atoms with Gasteiger partial charge in [-0.1, -0.05) is 17.7 Å². The van der Waals surface area contributed by atoms with E-state index in [9.17, 15) is 0 Å². The summed E-state index contributed by atoms with van der Waals surface area (Å²) in [7, 11) is 0. The van der Waals surface area contributed by atoms with Gasteiger partial charge in [0.15, 0.2) is 0 Å². The van der Waals surface area contributed by atoms with Crippen molar-refractivity contribution in [2.45, 2.75) is 51.0 Å². The van der Waals surface area contributed by atoms with Gasteiger partial charge < -0.3 is 4.74 Å². The highest BCUT2D eigenvalue weighted by atomic mass is 16.5. The van der Waals surface area contributed by atoms with Crippen LogP contribution in [-0.2, 0) is 5.41 Å². The summed E-state index contributed by atoms with van der Waals surface area (Å²) < 4.78 is 6.05. The topological polar surface area (TPSA) is 9.23 Å². The van der Waals surface area contributed by atoms with Crippen LogP contribution in [-0.4, -0.2) is 5.60 Å². The van der Waals surface area contributed by atoms with E-state index in [0.717, 1.165) is 5.75 Å². The summed E-state index contributed by atoms with van der Waals surface area (Å²) in [6, 6.07) is 6.61. The van der Waals surface area contributed by atoms with Gasteiger partial charge in [0, 0.05) is 11.0 Å². The monoisotopic (exact) mass is 202 g/mol. The summed E-state index contributed by atoms with van der Waals surface area (Å²) in [6.07, 6.45) is 3.86. The summed E-state index contributed by atoms with van der Waals surface area (Å²) in [6.45, 7) is 6.57. The standard InChI is InChI=1S/C14H18O/c1-10-4-5-12-11(8-10)14(6-7-14)9-13(2,3)15-12/h4-5,8H,6-7,9H2,1-3H3. The molecule has 1 aromatic rings. The molecular weight excluding hydrogens is 184 g/mol. The third-order valence-corrected chi connectivity index (χ3v) is 3.71. The molecule has 0 N–H and O–H groups in total. The molecule has 1 aromatic carbocycles. The van der Waals surface area contributed by atoms with Crippen LogP contribution in [0.3, 0.4) is 0 Å². The van der Waals surface area contributed by atoms with Crippen LogP contribution in [0.4, 0.5) is 0 Å². The maximum atomic E-state index is 6.05. The van der Waals surface area contributed by atoms with Crippen molar-refractivity contribution in [1.82, 2.24) is 0 Å². The Morgan fingerprint density at radius 1 is 1.20 bits per heavy atom. The first kappa shape index (κ1) is 9.26. The first-order chi connectivity index (χ1) is 7.01. The lowest BCUT2D eigenvalue weighted by molar-refractivity contribution is 0.0670. The highest BCUT2D eigenvalue weighted by Crippen LogP contribution is 2.59. The quantitative estimate of drug-likeness (QED) is 0.624. The Kier molecular flexibility index (Phi) is 1.59. The van der Waals surface area contributed by atoms with Gasteiger partial charge in [0.2, 0.25) is 0 Å². The fourth-order valence-corrected chi connectivity index (χ4v) is 2.99. The predicted molar refractivity (Wildman–Crippen MR) is 61.4 cm³/mol. The van der Waals surface area contributed by atoms with Crippen molar-refractivity contribution >= 4 is 0 Å². The zero-order valence-corrected chi connectivity index (χ0v) is 9.76. The second kappa shape index (κ2) is 2.58. The number of ether oxygens (including phenoxy) is 1. The third-order valence-electron chi connectivity index (χ3n) is 3.71. The summed E-state index contributed by atoms with van der Waals surface area (Å²) in [4.78, 5) is 0. The lowest BCUT2D eigenvalue weighted by Crippen LogP contribution is -2.37. The summed E-state index contributed by atoms with van der Waals surface area (Å²) in [5.74, 6) is 1.12. The van der Waals surface area contributed by atoms with E-state index in [1.807, 2.05) is 0 Å². The molecule has 1 heteroatoms. The average molecular weight is 202 g/mol. The van der Waals surface area contributed by atoms with Crippen molar-refractivity contribution in [2.75, 3.05) is 0 Å². The molecule has 0 atom stereocenters. The van der Waals surface area contributed by atoms with Crippen molar-refractivity contribution in [3.8, 4) is 5.75 Å². The van der Waals surface area contributed by atoms with Gasteiger partial charge in [-0.3, -0.25) is 0 Å². The number of benzene rings is 1. The molecule has 80 valence electrons. The molecule has 0 amide bonds. The Labute approximate surface area is 91.5 Å². The van der Waals surface area contributed by atoms with E-state index in [0.29, 0.717) is 5.41 Å². The minimum Gasteiger partial charge on any atom is -0.488 e. The third kappa shape index (κ3) is 1.37. The van der Waals surface area contributed by atoms with Gasteiger partial charge >= 0.3 is 0 Å². The van der Waals surface area contributed by atoms with Crippen LogP contribution >= 0.6 is 0 Å². The summed E-state index contributed by atoms with van der Waals surface area (Å²) >= 11 is 0. The fraction of sp³-hybridized carbons (Fsp3) is 0.571. The first-order valence-corrected chi connectivity index (χ1v) is 5.81. The molecule has 1 nitrogen and oxygen atoms in total. The Morgan fingerprint density at radius 3 is 2.60 bits per heavy atom. The zero-order valence-electron chi connectivity index (χ0n) is 9.76. The van der Waals surface area contributed by atoms with Crippen molar-refractivity contribution in [3.05, 3.63) is 29.3 Å². The van der Waals surface area contributed by atoms with Gasteiger partial charge in [0.05, 0.1) is 0 Å². The molecule has 3 rings (SSSR count). The van der Waals surface area contributed by atoms with E-state index < -0.39 is 0 Å². The average Bonchev–Trinajstić information content (AvgIpc) is 2.86. The van der Waals surface area contributed by atoms with Gasteiger partial charge in [-0.15, -0.1) is 0 Å². The number of aryl methyl sites for hydroxylation is 1. The molecule has 0 saturated heterocycles. The van der Waals surface area contributed by atoms with Crippen LogP contribution in [0, 0.1) is 6.92 Å². The van der Waals surface area contributed by atoms with Crippen molar-refractivity contribution in [1.29, 1.82) is 0 Å². The highest BCUT2D eigenvalue weighted by Gasteiger charge is 2.52.